The second kappa shape index (κ2) is 6.55. The topological polar surface area (TPSA) is 62.3 Å². The largest absolute Gasteiger partial charge is 0.377 e. The number of benzene rings is 3. The fourth-order valence-corrected chi connectivity index (χ4v) is 4.58. The number of rotatable bonds is 4. The van der Waals surface area contributed by atoms with Gasteiger partial charge in [0, 0.05) is 42.1 Å². The molecule has 3 aromatic carbocycles. The van der Waals surface area contributed by atoms with Crippen LogP contribution in [0.2, 0.25) is 0 Å². The molecular formula is C21H19N3O2S. The lowest BCUT2D eigenvalue weighted by molar-refractivity contribution is 0.602. The second-order valence-corrected chi connectivity index (χ2v) is 8.15. The van der Waals surface area contributed by atoms with Gasteiger partial charge in [0.15, 0.2) is 0 Å². The standard InChI is InChI=1S/C21H19N3O2S/c1-24(2)20-12-3-8-16-15(20)7-4-13-21(16)27(25,26)23-19-11-5-10-18-17(19)9-6-14-22-18/h3-14,23H,1-2H3. The van der Waals surface area contributed by atoms with Crippen molar-refractivity contribution in [1.82, 2.24) is 4.98 Å². The molecule has 0 unspecified atom stereocenters. The number of sulfonamides is 1. The zero-order chi connectivity index (χ0) is 19.0. The predicted molar refractivity (Wildman–Crippen MR) is 111 cm³/mol. The Bertz CT molecular complexity index is 1250. The molecule has 0 atom stereocenters. The Hall–Kier alpha value is -3.12. The van der Waals surface area contributed by atoms with Crippen molar-refractivity contribution < 1.29 is 8.42 Å². The monoisotopic (exact) mass is 377 g/mol. The molecule has 0 radical (unpaired) electrons. The first kappa shape index (κ1) is 17.3. The van der Waals surface area contributed by atoms with Gasteiger partial charge in [-0.05, 0) is 36.4 Å². The van der Waals surface area contributed by atoms with E-state index in [9.17, 15) is 8.42 Å². The zero-order valence-electron chi connectivity index (χ0n) is 15.0. The van der Waals surface area contributed by atoms with Crippen LogP contribution in [0.1, 0.15) is 0 Å². The molecule has 0 aliphatic rings. The van der Waals surface area contributed by atoms with Crippen LogP contribution in [0.5, 0.6) is 0 Å². The first-order valence-corrected chi connectivity index (χ1v) is 10.0. The van der Waals surface area contributed by atoms with E-state index < -0.39 is 10.0 Å². The Morgan fingerprint density at radius 2 is 1.52 bits per heavy atom. The normalized spacial score (nSPS) is 11.6. The van der Waals surface area contributed by atoms with Gasteiger partial charge in [-0.15, -0.1) is 0 Å². The van der Waals surface area contributed by atoms with Crippen LogP contribution in [-0.2, 0) is 10.0 Å². The number of nitrogens with one attached hydrogen (secondary N) is 1. The number of anilines is 2. The van der Waals surface area contributed by atoms with Crippen molar-refractivity contribution in [2.45, 2.75) is 4.90 Å². The zero-order valence-corrected chi connectivity index (χ0v) is 15.9. The average molecular weight is 377 g/mol. The van der Waals surface area contributed by atoms with Crippen molar-refractivity contribution in [1.29, 1.82) is 0 Å². The van der Waals surface area contributed by atoms with Crippen molar-refractivity contribution in [3.63, 3.8) is 0 Å². The Labute approximate surface area is 158 Å². The summed E-state index contributed by atoms with van der Waals surface area (Å²) in [6.07, 6.45) is 1.69. The van der Waals surface area contributed by atoms with Gasteiger partial charge in [0.2, 0.25) is 0 Å². The molecule has 0 aliphatic heterocycles. The first-order valence-electron chi connectivity index (χ1n) is 8.53. The molecule has 4 rings (SSSR count). The lowest BCUT2D eigenvalue weighted by Crippen LogP contribution is -2.14. The van der Waals surface area contributed by atoms with Crippen LogP contribution in [0.3, 0.4) is 0 Å². The smallest absolute Gasteiger partial charge is 0.262 e. The van der Waals surface area contributed by atoms with E-state index in [1.54, 1.807) is 36.5 Å². The molecule has 1 aromatic heterocycles. The van der Waals surface area contributed by atoms with Gasteiger partial charge >= 0.3 is 0 Å². The van der Waals surface area contributed by atoms with Crippen molar-refractivity contribution >= 4 is 43.1 Å². The van der Waals surface area contributed by atoms with Crippen molar-refractivity contribution in [2.24, 2.45) is 0 Å². The van der Waals surface area contributed by atoms with E-state index in [4.69, 9.17) is 0 Å². The summed E-state index contributed by atoms with van der Waals surface area (Å²) in [5.41, 5.74) is 2.23. The molecule has 0 amide bonds. The van der Waals surface area contributed by atoms with Gasteiger partial charge in [-0.25, -0.2) is 8.42 Å². The van der Waals surface area contributed by atoms with Crippen molar-refractivity contribution in [3.8, 4) is 0 Å². The van der Waals surface area contributed by atoms with E-state index in [0.717, 1.165) is 22.0 Å². The SMILES string of the molecule is CN(C)c1cccc2c(S(=O)(=O)Nc3cccc4ncccc34)cccc12. The third-order valence-electron chi connectivity index (χ3n) is 4.52. The van der Waals surface area contributed by atoms with Gasteiger partial charge in [0.1, 0.15) is 0 Å². The van der Waals surface area contributed by atoms with E-state index in [0.29, 0.717) is 11.1 Å². The van der Waals surface area contributed by atoms with E-state index in [-0.39, 0.29) is 4.90 Å². The lowest BCUT2D eigenvalue weighted by atomic mass is 10.1. The van der Waals surface area contributed by atoms with Crippen LogP contribution in [-0.4, -0.2) is 27.5 Å². The predicted octanol–water partition coefficient (Wildman–Crippen LogP) is 4.25. The molecule has 0 spiro atoms. The van der Waals surface area contributed by atoms with E-state index >= 15 is 0 Å². The molecule has 6 heteroatoms. The molecule has 0 aliphatic carbocycles. The van der Waals surface area contributed by atoms with E-state index in [2.05, 4.69) is 9.71 Å². The van der Waals surface area contributed by atoms with Gasteiger partial charge in [0.25, 0.3) is 10.0 Å². The van der Waals surface area contributed by atoms with Crippen LogP contribution >= 0.6 is 0 Å². The van der Waals surface area contributed by atoms with Gasteiger partial charge in [-0.3, -0.25) is 9.71 Å². The molecule has 0 saturated carbocycles. The Morgan fingerprint density at radius 1 is 0.815 bits per heavy atom. The van der Waals surface area contributed by atoms with Gasteiger partial charge < -0.3 is 4.90 Å². The molecule has 5 nitrogen and oxygen atoms in total. The summed E-state index contributed by atoms with van der Waals surface area (Å²) in [6.45, 7) is 0. The number of aromatic nitrogens is 1. The Kier molecular flexibility index (Phi) is 4.20. The van der Waals surface area contributed by atoms with E-state index in [1.807, 2.05) is 55.4 Å². The molecular weight excluding hydrogens is 358 g/mol. The Balaban J connectivity index is 1.86. The highest BCUT2D eigenvalue weighted by molar-refractivity contribution is 7.93. The maximum Gasteiger partial charge on any atom is 0.262 e. The van der Waals surface area contributed by atoms with Crippen LogP contribution in [0.4, 0.5) is 11.4 Å². The molecule has 0 saturated heterocycles. The number of fused-ring (bicyclic) bond motifs is 2. The van der Waals surface area contributed by atoms with Crippen molar-refractivity contribution in [3.05, 3.63) is 72.9 Å². The summed E-state index contributed by atoms with van der Waals surface area (Å²) in [5.74, 6) is 0. The second-order valence-electron chi connectivity index (χ2n) is 6.50. The third-order valence-corrected chi connectivity index (χ3v) is 5.94. The van der Waals surface area contributed by atoms with Crippen molar-refractivity contribution in [2.75, 3.05) is 23.7 Å². The number of pyridine rings is 1. The summed E-state index contributed by atoms with van der Waals surface area (Å²) >= 11 is 0. The molecule has 27 heavy (non-hydrogen) atoms. The van der Waals surface area contributed by atoms with Gasteiger partial charge in [-0.1, -0.05) is 30.3 Å². The molecule has 0 fully saturated rings. The fourth-order valence-electron chi connectivity index (χ4n) is 3.28. The van der Waals surface area contributed by atoms with Crippen LogP contribution in [0.25, 0.3) is 21.7 Å². The number of nitrogens with zero attached hydrogens (tertiary/aromatic N) is 2. The Morgan fingerprint density at radius 3 is 2.33 bits per heavy atom. The summed E-state index contributed by atoms with van der Waals surface area (Å²) in [4.78, 5) is 6.51. The first-order chi connectivity index (χ1) is 13.0. The number of hydrogen-bond acceptors (Lipinski definition) is 4. The summed E-state index contributed by atoms with van der Waals surface area (Å²) < 4.78 is 29.1. The molecule has 1 heterocycles. The minimum Gasteiger partial charge on any atom is -0.377 e. The van der Waals surface area contributed by atoms with E-state index in [1.165, 1.54) is 0 Å². The third kappa shape index (κ3) is 3.08. The average Bonchev–Trinajstić information content (AvgIpc) is 2.67. The molecule has 4 aromatic rings. The minimum atomic E-state index is -3.77. The molecule has 1 N–H and O–H groups in total. The maximum absolute atomic E-state index is 13.2. The summed E-state index contributed by atoms with van der Waals surface area (Å²) in [5, 5.41) is 2.34. The summed E-state index contributed by atoms with van der Waals surface area (Å²) in [6, 6.07) is 20.1. The van der Waals surface area contributed by atoms with Crippen LogP contribution < -0.4 is 9.62 Å². The van der Waals surface area contributed by atoms with Crippen LogP contribution in [0, 0.1) is 0 Å². The quantitative estimate of drug-likeness (QED) is 0.577. The highest BCUT2D eigenvalue weighted by Crippen LogP contribution is 2.32. The highest BCUT2D eigenvalue weighted by atomic mass is 32.2. The number of hydrogen-bond donors (Lipinski definition) is 1. The maximum atomic E-state index is 13.2. The fraction of sp³-hybridized carbons (Fsp3) is 0.0952. The minimum absolute atomic E-state index is 0.254. The van der Waals surface area contributed by atoms with Crippen LogP contribution in [0.15, 0.2) is 77.8 Å². The summed E-state index contributed by atoms with van der Waals surface area (Å²) in [7, 11) is 0.113. The highest BCUT2D eigenvalue weighted by Gasteiger charge is 2.19. The lowest BCUT2D eigenvalue weighted by Gasteiger charge is -2.17. The molecule has 0 bridgehead atoms. The van der Waals surface area contributed by atoms with Gasteiger partial charge in [0.05, 0.1) is 16.1 Å². The molecule has 136 valence electrons. The van der Waals surface area contributed by atoms with Gasteiger partial charge in [-0.2, -0.15) is 0 Å².